The van der Waals surface area contributed by atoms with Gasteiger partial charge in [-0.2, -0.15) is 0 Å². The SMILES string of the molecule is O=C(CBr)NCc1cc2c(s1)CCC2. The predicted molar refractivity (Wildman–Crippen MR) is 62.0 cm³/mol. The number of rotatable bonds is 3. The topological polar surface area (TPSA) is 29.1 Å². The second-order valence-corrected chi connectivity index (χ2v) is 5.21. The van der Waals surface area contributed by atoms with Crippen LogP contribution < -0.4 is 5.32 Å². The third-order valence-corrected chi connectivity index (χ3v) is 4.13. The van der Waals surface area contributed by atoms with Gasteiger partial charge in [0.05, 0.1) is 11.9 Å². The Hall–Kier alpha value is -0.350. The fraction of sp³-hybridized carbons (Fsp3) is 0.500. The summed E-state index contributed by atoms with van der Waals surface area (Å²) in [4.78, 5) is 13.8. The molecule has 0 fully saturated rings. The molecule has 1 aliphatic carbocycles. The van der Waals surface area contributed by atoms with Crippen molar-refractivity contribution in [1.82, 2.24) is 5.32 Å². The molecule has 2 rings (SSSR count). The Kier molecular flexibility index (Phi) is 3.23. The molecule has 1 N–H and O–H groups in total. The molecule has 0 unspecified atom stereocenters. The molecule has 0 saturated carbocycles. The maximum absolute atomic E-state index is 11.0. The molecular formula is C10H12BrNOS. The molecule has 1 amide bonds. The van der Waals surface area contributed by atoms with Crippen molar-refractivity contribution in [3.63, 3.8) is 0 Å². The lowest BCUT2D eigenvalue weighted by molar-refractivity contribution is -0.118. The van der Waals surface area contributed by atoms with Crippen molar-refractivity contribution in [2.75, 3.05) is 5.33 Å². The zero-order chi connectivity index (χ0) is 9.97. The first-order valence-electron chi connectivity index (χ1n) is 4.72. The average Bonchev–Trinajstić information content (AvgIpc) is 2.73. The molecule has 0 aromatic carbocycles. The van der Waals surface area contributed by atoms with Gasteiger partial charge < -0.3 is 5.32 Å². The molecule has 14 heavy (non-hydrogen) atoms. The van der Waals surface area contributed by atoms with E-state index >= 15 is 0 Å². The van der Waals surface area contributed by atoms with Crippen molar-refractivity contribution in [3.8, 4) is 0 Å². The molecule has 0 bridgehead atoms. The van der Waals surface area contributed by atoms with Gasteiger partial charge in [0.15, 0.2) is 0 Å². The number of nitrogens with one attached hydrogen (secondary N) is 1. The molecule has 0 radical (unpaired) electrons. The van der Waals surface area contributed by atoms with Crippen molar-refractivity contribution < 1.29 is 4.79 Å². The van der Waals surface area contributed by atoms with Gasteiger partial charge in [0.2, 0.25) is 5.91 Å². The van der Waals surface area contributed by atoms with Gasteiger partial charge in [-0.05, 0) is 30.9 Å². The van der Waals surface area contributed by atoms with E-state index in [1.165, 1.54) is 34.6 Å². The highest BCUT2D eigenvalue weighted by Gasteiger charge is 2.14. The number of thiophene rings is 1. The van der Waals surface area contributed by atoms with Gasteiger partial charge >= 0.3 is 0 Å². The van der Waals surface area contributed by atoms with Gasteiger partial charge in [-0.3, -0.25) is 4.79 Å². The number of fused-ring (bicyclic) bond motifs is 1. The number of halogens is 1. The highest BCUT2D eigenvalue weighted by molar-refractivity contribution is 9.09. The van der Waals surface area contributed by atoms with E-state index in [1.807, 2.05) is 11.3 Å². The Labute approximate surface area is 95.8 Å². The quantitative estimate of drug-likeness (QED) is 0.841. The Bertz CT molecular complexity index is 326. The van der Waals surface area contributed by atoms with E-state index in [-0.39, 0.29) is 5.91 Å². The molecule has 0 spiro atoms. The van der Waals surface area contributed by atoms with Crippen LogP contribution in [0.2, 0.25) is 0 Å². The van der Waals surface area contributed by atoms with E-state index in [0.29, 0.717) is 11.9 Å². The van der Waals surface area contributed by atoms with Crippen LogP contribution in [0.25, 0.3) is 0 Å². The standard InChI is InChI=1S/C10H12BrNOS/c11-5-10(13)12-6-8-4-7-2-1-3-9(7)14-8/h4H,1-3,5-6H2,(H,12,13). The van der Waals surface area contributed by atoms with Crippen LogP contribution in [0.1, 0.15) is 21.7 Å². The van der Waals surface area contributed by atoms with Gasteiger partial charge in [-0.25, -0.2) is 0 Å². The van der Waals surface area contributed by atoms with Crippen LogP contribution >= 0.6 is 27.3 Å². The van der Waals surface area contributed by atoms with E-state index in [0.717, 1.165) is 0 Å². The summed E-state index contributed by atoms with van der Waals surface area (Å²) in [5.74, 6) is 0.0542. The van der Waals surface area contributed by atoms with Crippen LogP contribution in [0.15, 0.2) is 6.07 Å². The molecule has 1 heterocycles. The molecule has 4 heteroatoms. The van der Waals surface area contributed by atoms with Crippen LogP contribution in [0, 0.1) is 0 Å². The second kappa shape index (κ2) is 4.45. The van der Waals surface area contributed by atoms with Crippen molar-refractivity contribution in [1.29, 1.82) is 0 Å². The Morgan fingerprint density at radius 1 is 1.57 bits per heavy atom. The van der Waals surface area contributed by atoms with E-state index in [9.17, 15) is 4.79 Å². The van der Waals surface area contributed by atoms with E-state index in [1.54, 1.807) is 0 Å². The first-order chi connectivity index (χ1) is 6.79. The molecule has 0 aliphatic heterocycles. The number of hydrogen-bond donors (Lipinski definition) is 1. The van der Waals surface area contributed by atoms with Crippen LogP contribution in [-0.2, 0) is 24.2 Å². The monoisotopic (exact) mass is 273 g/mol. The second-order valence-electron chi connectivity index (χ2n) is 3.43. The molecule has 1 aromatic rings. The Morgan fingerprint density at radius 3 is 3.14 bits per heavy atom. The zero-order valence-electron chi connectivity index (χ0n) is 7.81. The summed E-state index contributed by atoms with van der Waals surface area (Å²) in [5, 5.41) is 3.25. The van der Waals surface area contributed by atoms with Gasteiger partial charge in [0.1, 0.15) is 0 Å². The predicted octanol–water partition coefficient (Wildman–Crippen LogP) is 2.25. The summed E-state index contributed by atoms with van der Waals surface area (Å²) in [6.07, 6.45) is 3.75. The minimum atomic E-state index is 0.0542. The lowest BCUT2D eigenvalue weighted by Crippen LogP contribution is -2.22. The van der Waals surface area contributed by atoms with Crippen LogP contribution in [0.5, 0.6) is 0 Å². The minimum absolute atomic E-state index is 0.0542. The summed E-state index contributed by atoms with van der Waals surface area (Å²) < 4.78 is 0. The number of aryl methyl sites for hydroxylation is 2. The van der Waals surface area contributed by atoms with Crippen molar-refractivity contribution in [2.45, 2.75) is 25.8 Å². The molecule has 1 aromatic heterocycles. The van der Waals surface area contributed by atoms with E-state index in [2.05, 4.69) is 27.3 Å². The zero-order valence-corrected chi connectivity index (χ0v) is 10.2. The molecule has 76 valence electrons. The van der Waals surface area contributed by atoms with Crippen molar-refractivity contribution >= 4 is 33.2 Å². The number of amides is 1. The normalized spacial score (nSPS) is 14.1. The summed E-state index contributed by atoms with van der Waals surface area (Å²) >= 11 is 4.97. The van der Waals surface area contributed by atoms with E-state index < -0.39 is 0 Å². The lowest BCUT2D eigenvalue weighted by atomic mass is 10.2. The third kappa shape index (κ3) is 2.17. The molecule has 1 aliphatic rings. The van der Waals surface area contributed by atoms with Gasteiger partial charge in [0, 0.05) is 9.75 Å². The number of carbonyl (C=O) groups is 1. The summed E-state index contributed by atoms with van der Waals surface area (Å²) in [5.41, 5.74) is 1.50. The van der Waals surface area contributed by atoms with Gasteiger partial charge in [0.25, 0.3) is 0 Å². The highest BCUT2D eigenvalue weighted by atomic mass is 79.9. The maximum atomic E-state index is 11.0. The van der Waals surface area contributed by atoms with Crippen LogP contribution in [-0.4, -0.2) is 11.2 Å². The van der Waals surface area contributed by atoms with Crippen molar-refractivity contribution in [3.05, 3.63) is 21.4 Å². The lowest BCUT2D eigenvalue weighted by Gasteiger charge is -1.99. The average molecular weight is 274 g/mol. The van der Waals surface area contributed by atoms with E-state index in [4.69, 9.17) is 0 Å². The number of alkyl halides is 1. The molecular weight excluding hydrogens is 262 g/mol. The van der Waals surface area contributed by atoms with Crippen LogP contribution in [0.4, 0.5) is 0 Å². The Balaban J connectivity index is 1.94. The summed E-state index contributed by atoms with van der Waals surface area (Å²) in [7, 11) is 0. The Morgan fingerprint density at radius 2 is 2.43 bits per heavy atom. The molecule has 0 saturated heterocycles. The number of carbonyl (C=O) groups excluding carboxylic acids is 1. The first kappa shape index (κ1) is 10.2. The molecule has 0 atom stereocenters. The number of hydrogen-bond acceptors (Lipinski definition) is 2. The largest absolute Gasteiger partial charge is 0.350 e. The third-order valence-electron chi connectivity index (χ3n) is 2.38. The fourth-order valence-electron chi connectivity index (χ4n) is 1.71. The summed E-state index contributed by atoms with van der Waals surface area (Å²) in [6, 6.07) is 2.24. The summed E-state index contributed by atoms with van der Waals surface area (Å²) in [6.45, 7) is 0.683. The minimum Gasteiger partial charge on any atom is -0.350 e. The highest BCUT2D eigenvalue weighted by Crippen LogP contribution is 2.30. The smallest absolute Gasteiger partial charge is 0.230 e. The van der Waals surface area contributed by atoms with Gasteiger partial charge in [-0.1, -0.05) is 15.9 Å². The van der Waals surface area contributed by atoms with Crippen molar-refractivity contribution in [2.24, 2.45) is 0 Å². The maximum Gasteiger partial charge on any atom is 0.230 e. The fourth-order valence-corrected chi connectivity index (χ4v) is 3.11. The first-order valence-corrected chi connectivity index (χ1v) is 6.66. The van der Waals surface area contributed by atoms with Crippen LogP contribution in [0.3, 0.4) is 0 Å². The molecule has 2 nitrogen and oxygen atoms in total. The van der Waals surface area contributed by atoms with Gasteiger partial charge in [-0.15, -0.1) is 11.3 Å².